The Morgan fingerprint density at radius 1 is 0.947 bits per heavy atom. The van der Waals surface area contributed by atoms with Crippen LogP contribution in [0.5, 0.6) is 0 Å². The number of benzene rings is 2. The predicted octanol–water partition coefficient (Wildman–Crippen LogP) is 2.79. The zero-order valence-electron chi connectivity index (χ0n) is 21.6. The van der Waals surface area contributed by atoms with Gasteiger partial charge >= 0.3 is 6.09 Å². The SMILES string of the molecule is CC(C)CC(CO)NC(=O)c1nnc(C(=O)N2CCN(C(=O)O)CC2)cc1Cc1cccc2ccccc12. The molecular weight excluding hydrogens is 486 g/mol. The number of carbonyl (C=O) groups excluding carboxylic acids is 2. The molecule has 1 aliphatic heterocycles. The zero-order valence-corrected chi connectivity index (χ0v) is 21.6. The number of hydrogen-bond acceptors (Lipinski definition) is 6. The molecule has 0 spiro atoms. The maximum absolute atomic E-state index is 13.3. The van der Waals surface area contributed by atoms with Crippen molar-refractivity contribution in [2.75, 3.05) is 32.8 Å². The highest BCUT2D eigenvalue weighted by Gasteiger charge is 2.27. The van der Waals surface area contributed by atoms with Crippen LogP contribution in [-0.4, -0.2) is 86.9 Å². The first-order valence-corrected chi connectivity index (χ1v) is 12.8. The largest absolute Gasteiger partial charge is 0.465 e. The van der Waals surface area contributed by atoms with Gasteiger partial charge < -0.3 is 25.3 Å². The molecule has 200 valence electrons. The third-order valence-corrected chi connectivity index (χ3v) is 6.72. The van der Waals surface area contributed by atoms with Crippen molar-refractivity contribution in [3.8, 4) is 0 Å². The molecule has 1 aromatic heterocycles. The van der Waals surface area contributed by atoms with Crippen LogP contribution < -0.4 is 5.32 Å². The Morgan fingerprint density at radius 2 is 1.63 bits per heavy atom. The van der Waals surface area contributed by atoms with Crippen LogP contribution in [0.4, 0.5) is 4.79 Å². The molecule has 4 rings (SSSR count). The van der Waals surface area contributed by atoms with Gasteiger partial charge in [-0.1, -0.05) is 56.3 Å². The number of piperazine rings is 1. The van der Waals surface area contributed by atoms with Crippen LogP contribution in [0, 0.1) is 5.92 Å². The van der Waals surface area contributed by atoms with Gasteiger partial charge in [0.15, 0.2) is 11.4 Å². The van der Waals surface area contributed by atoms with Gasteiger partial charge in [0.05, 0.1) is 12.6 Å². The Bertz CT molecular complexity index is 1310. The number of nitrogens with zero attached hydrogens (tertiary/aromatic N) is 4. The molecule has 0 bridgehead atoms. The van der Waals surface area contributed by atoms with Crippen molar-refractivity contribution in [1.82, 2.24) is 25.3 Å². The topological polar surface area (TPSA) is 136 Å². The summed E-state index contributed by atoms with van der Waals surface area (Å²) in [5, 5.41) is 32.2. The average molecular weight is 520 g/mol. The van der Waals surface area contributed by atoms with E-state index in [1.165, 1.54) is 4.90 Å². The van der Waals surface area contributed by atoms with Gasteiger partial charge in [0.2, 0.25) is 0 Å². The van der Waals surface area contributed by atoms with Crippen LogP contribution in [0.25, 0.3) is 10.8 Å². The summed E-state index contributed by atoms with van der Waals surface area (Å²) in [5.74, 6) is -0.543. The molecule has 1 unspecified atom stereocenters. The minimum Gasteiger partial charge on any atom is -0.465 e. The van der Waals surface area contributed by atoms with Crippen molar-refractivity contribution >= 4 is 28.7 Å². The Morgan fingerprint density at radius 3 is 2.32 bits per heavy atom. The number of aromatic nitrogens is 2. The van der Waals surface area contributed by atoms with Gasteiger partial charge in [-0.15, -0.1) is 10.2 Å². The van der Waals surface area contributed by atoms with Gasteiger partial charge in [0, 0.05) is 32.6 Å². The van der Waals surface area contributed by atoms with E-state index >= 15 is 0 Å². The van der Waals surface area contributed by atoms with E-state index in [-0.39, 0.29) is 56.0 Å². The summed E-state index contributed by atoms with van der Waals surface area (Å²) < 4.78 is 0. The van der Waals surface area contributed by atoms with Crippen molar-refractivity contribution in [3.05, 3.63) is 71.0 Å². The first kappa shape index (κ1) is 27.0. The number of carboxylic acid groups (broad SMARTS) is 1. The van der Waals surface area contributed by atoms with E-state index < -0.39 is 18.0 Å². The second-order valence-electron chi connectivity index (χ2n) is 9.96. The van der Waals surface area contributed by atoms with Crippen LogP contribution >= 0.6 is 0 Å². The Labute approximate surface area is 221 Å². The number of aliphatic hydroxyl groups excluding tert-OH is 1. The van der Waals surface area contributed by atoms with E-state index in [0.717, 1.165) is 16.3 Å². The van der Waals surface area contributed by atoms with E-state index in [9.17, 15) is 24.6 Å². The fraction of sp³-hybridized carbons (Fsp3) is 0.393. The summed E-state index contributed by atoms with van der Waals surface area (Å²) in [7, 11) is 0. The second-order valence-corrected chi connectivity index (χ2v) is 9.96. The standard InChI is InChI=1S/C28H33N5O5/c1-18(2)14-22(17-34)29-26(35)25-21(15-20-8-5-7-19-6-3-4-9-23(19)20)16-24(30-31-25)27(36)32-10-12-33(13-11-32)28(37)38/h3-9,16,18,22,34H,10-15,17H2,1-2H3,(H,29,35)(H,37,38). The smallest absolute Gasteiger partial charge is 0.407 e. The van der Waals surface area contributed by atoms with Crippen LogP contribution in [0.3, 0.4) is 0 Å². The molecule has 1 fully saturated rings. The van der Waals surface area contributed by atoms with E-state index in [1.807, 2.05) is 56.3 Å². The summed E-state index contributed by atoms with van der Waals surface area (Å²) in [5.41, 5.74) is 1.72. The molecule has 2 heterocycles. The molecule has 3 aromatic rings. The van der Waals surface area contributed by atoms with Crippen LogP contribution in [0.15, 0.2) is 48.5 Å². The van der Waals surface area contributed by atoms with Crippen molar-refractivity contribution in [1.29, 1.82) is 0 Å². The molecule has 10 heteroatoms. The number of hydrogen-bond donors (Lipinski definition) is 3. The maximum atomic E-state index is 13.3. The molecule has 10 nitrogen and oxygen atoms in total. The average Bonchev–Trinajstić information content (AvgIpc) is 2.92. The van der Waals surface area contributed by atoms with E-state index in [2.05, 4.69) is 15.5 Å². The zero-order chi connectivity index (χ0) is 27.2. The number of rotatable bonds is 8. The molecule has 1 saturated heterocycles. The maximum Gasteiger partial charge on any atom is 0.407 e. The van der Waals surface area contributed by atoms with Gasteiger partial charge in [-0.05, 0) is 40.3 Å². The van der Waals surface area contributed by atoms with Crippen LogP contribution in [0.2, 0.25) is 0 Å². The fourth-order valence-corrected chi connectivity index (χ4v) is 4.78. The number of nitrogens with one attached hydrogen (secondary N) is 1. The molecule has 2 aromatic carbocycles. The third-order valence-electron chi connectivity index (χ3n) is 6.72. The first-order chi connectivity index (χ1) is 18.3. The molecule has 0 radical (unpaired) electrons. The Balaban J connectivity index is 1.66. The summed E-state index contributed by atoms with van der Waals surface area (Å²) >= 11 is 0. The minimum atomic E-state index is -1.01. The molecule has 0 aliphatic carbocycles. The molecule has 3 N–H and O–H groups in total. The number of aliphatic hydroxyl groups is 1. The summed E-state index contributed by atoms with van der Waals surface area (Å²) in [6.07, 6.45) is -0.0586. The molecule has 38 heavy (non-hydrogen) atoms. The fourth-order valence-electron chi connectivity index (χ4n) is 4.78. The number of fused-ring (bicyclic) bond motifs is 1. The van der Waals surface area contributed by atoms with E-state index in [1.54, 1.807) is 11.0 Å². The first-order valence-electron chi connectivity index (χ1n) is 12.8. The van der Waals surface area contributed by atoms with E-state index in [0.29, 0.717) is 18.4 Å². The monoisotopic (exact) mass is 519 g/mol. The lowest BCUT2D eigenvalue weighted by atomic mass is 9.97. The summed E-state index contributed by atoms with van der Waals surface area (Å²) in [6, 6.07) is 15.1. The minimum absolute atomic E-state index is 0.0986. The lowest BCUT2D eigenvalue weighted by molar-refractivity contribution is 0.0617. The third kappa shape index (κ3) is 6.25. The molecule has 3 amide bonds. The number of amides is 3. The second kappa shape index (κ2) is 12.0. The molecular formula is C28H33N5O5. The van der Waals surface area contributed by atoms with Gasteiger partial charge in [0.1, 0.15) is 0 Å². The summed E-state index contributed by atoms with van der Waals surface area (Å²) in [6.45, 7) is 4.76. The highest BCUT2D eigenvalue weighted by Crippen LogP contribution is 2.23. The molecule has 0 saturated carbocycles. The Hall–Kier alpha value is -4.05. The van der Waals surface area contributed by atoms with Gasteiger partial charge in [-0.25, -0.2) is 4.79 Å². The lowest BCUT2D eigenvalue weighted by Gasteiger charge is -2.32. The van der Waals surface area contributed by atoms with Crippen LogP contribution in [-0.2, 0) is 6.42 Å². The summed E-state index contributed by atoms with van der Waals surface area (Å²) in [4.78, 5) is 40.6. The highest BCUT2D eigenvalue weighted by molar-refractivity contribution is 5.97. The van der Waals surface area contributed by atoms with Gasteiger partial charge in [0.25, 0.3) is 11.8 Å². The number of carbonyl (C=O) groups is 3. The highest BCUT2D eigenvalue weighted by atomic mass is 16.4. The van der Waals surface area contributed by atoms with Crippen LogP contribution in [0.1, 0.15) is 52.4 Å². The molecule has 1 aliphatic rings. The lowest BCUT2D eigenvalue weighted by Crippen LogP contribution is -2.50. The van der Waals surface area contributed by atoms with Crippen molar-refractivity contribution in [2.24, 2.45) is 5.92 Å². The van der Waals surface area contributed by atoms with Crippen molar-refractivity contribution in [2.45, 2.75) is 32.7 Å². The normalized spacial score (nSPS) is 14.5. The van der Waals surface area contributed by atoms with Gasteiger partial charge in [-0.3, -0.25) is 9.59 Å². The van der Waals surface area contributed by atoms with Crippen molar-refractivity contribution < 1.29 is 24.6 Å². The quantitative estimate of drug-likeness (QED) is 0.416. The Kier molecular flexibility index (Phi) is 8.52. The van der Waals surface area contributed by atoms with E-state index in [4.69, 9.17) is 0 Å². The predicted molar refractivity (Wildman–Crippen MR) is 142 cm³/mol. The molecule has 1 atom stereocenters. The van der Waals surface area contributed by atoms with Crippen molar-refractivity contribution in [3.63, 3.8) is 0 Å². The van der Waals surface area contributed by atoms with Gasteiger partial charge in [-0.2, -0.15) is 0 Å².